The summed E-state index contributed by atoms with van der Waals surface area (Å²) in [6, 6.07) is 8.79. The second-order valence-electron chi connectivity index (χ2n) is 6.20. The van der Waals surface area contributed by atoms with Gasteiger partial charge in [0.25, 0.3) is 0 Å². The van der Waals surface area contributed by atoms with Gasteiger partial charge in [-0.25, -0.2) is 4.79 Å². The van der Waals surface area contributed by atoms with Gasteiger partial charge in [0.05, 0.1) is 0 Å². The summed E-state index contributed by atoms with van der Waals surface area (Å²) in [6.45, 7) is 3.89. The zero-order valence-corrected chi connectivity index (χ0v) is 15.0. The van der Waals surface area contributed by atoms with E-state index in [4.69, 9.17) is 9.90 Å². The quantitative estimate of drug-likeness (QED) is 0.850. The Kier molecular flexibility index (Phi) is 8.57. The lowest BCUT2D eigenvalue weighted by atomic mass is 10.0. The van der Waals surface area contributed by atoms with Gasteiger partial charge in [0.1, 0.15) is 0 Å². The van der Waals surface area contributed by atoms with Crippen molar-refractivity contribution in [3.63, 3.8) is 0 Å². The first-order valence-corrected chi connectivity index (χ1v) is 8.44. The molecule has 1 aromatic carbocycles. The average molecular weight is 374 g/mol. The highest BCUT2D eigenvalue weighted by atomic mass is 19.4. The van der Waals surface area contributed by atoms with Gasteiger partial charge in [-0.3, -0.25) is 4.79 Å². The molecule has 1 atom stereocenters. The zero-order valence-electron chi connectivity index (χ0n) is 15.0. The molecule has 1 aliphatic rings. The van der Waals surface area contributed by atoms with Gasteiger partial charge in [-0.2, -0.15) is 13.2 Å². The number of carbonyl (C=O) groups is 2. The van der Waals surface area contributed by atoms with Crippen LogP contribution in [0.15, 0.2) is 24.3 Å². The van der Waals surface area contributed by atoms with Gasteiger partial charge >= 0.3 is 12.1 Å². The summed E-state index contributed by atoms with van der Waals surface area (Å²) in [5, 5.41) is 10.4. The van der Waals surface area contributed by atoms with E-state index in [-0.39, 0.29) is 0 Å². The summed E-state index contributed by atoms with van der Waals surface area (Å²) < 4.78 is 31.7. The molecule has 8 heteroatoms. The highest BCUT2D eigenvalue weighted by molar-refractivity contribution is 5.76. The Balaban J connectivity index is 0.000000412. The number of aryl methyl sites for hydroxylation is 2. The number of carboxylic acids is 1. The number of nitrogens with zero attached hydrogens (tertiary/aromatic N) is 1. The highest BCUT2D eigenvalue weighted by Gasteiger charge is 2.38. The maximum Gasteiger partial charge on any atom is 0.490 e. The van der Waals surface area contributed by atoms with Crippen LogP contribution in [0.5, 0.6) is 0 Å². The number of hydrogen-bond acceptors (Lipinski definition) is 3. The van der Waals surface area contributed by atoms with Crippen LogP contribution in [-0.4, -0.2) is 54.2 Å². The molecule has 146 valence electrons. The van der Waals surface area contributed by atoms with Crippen LogP contribution in [0.3, 0.4) is 0 Å². The second kappa shape index (κ2) is 10.2. The van der Waals surface area contributed by atoms with Crippen molar-refractivity contribution in [3.05, 3.63) is 35.4 Å². The smallest absolute Gasteiger partial charge is 0.475 e. The highest BCUT2D eigenvalue weighted by Crippen LogP contribution is 2.14. The number of nitrogens with one attached hydrogen (secondary N) is 1. The molecule has 0 radical (unpaired) electrons. The summed E-state index contributed by atoms with van der Waals surface area (Å²) in [4.78, 5) is 23.2. The van der Waals surface area contributed by atoms with Crippen LogP contribution < -0.4 is 5.32 Å². The van der Waals surface area contributed by atoms with Crippen molar-refractivity contribution in [1.82, 2.24) is 10.2 Å². The lowest BCUT2D eigenvalue weighted by Gasteiger charge is -2.32. The van der Waals surface area contributed by atoms with E-state index in [1.165, 1.54) is 17.5 Å². The molecule has 1 heterocycles. The third kappa shape index (κ3) is 7.43. The van der Waals surface area contributed by atoms with Crippen LogP contribution in [0, 0.1) is 6.92 Å². The van der Waals surface area contributed by atoms with E-state index in [2.05, 4.69) is 24.4 Å². The zero-order chi connectivity index (χ0) is 19.7. The molecule has 2 N–H and O–H groups in total. The Morgan fingerprint density at radius 1 is 1.31 bits per heavy atom. The summed E-state index contributed by atoms with van der Waals surface area (Å²) >= 11 is 0. The molecule has 0 spiro atoms. The predicted octanol–water partition coefficient (Wildman–Crippen LogP) is 2.77. The molecular formula is C18H25F3N2O3. The van der Waals surface area contributed by atoms with Crippen LogP contribution in [0.1, 0.15) is 30.4 Å². The molecule has 0 bridgehead atoms. The second-order valence-corrected chi connectivity index (χ2v) is 6.20. The van der Waals surface area contributed by atoms with Crippen molar-refractivity contribution in [2.45, 2.75) is 44.8 Å². The van der Waals surface area contributed by atoms with Crippen molar-refractivity contribution < 1.29 is 27.9 Å². The van der Waals surface area contributed by atoms with Crippen molar-refractivity contribution in [2.24, 2.45) is 0 Å². The van der Waals surface area contributed by atoms with Crippen molar-refractivity contribution in [1.29, 1.82) is 0 Å². The Labute approximate surface area is 151 Å². The number of rotatable bonds is 4. The maximum atomic E-state index is 12.2. The monoisotopic (exact) mass is 374 g/mol. The lowest BCUT2D eigenvalue weighted by molar-refractivity contribution is -0.192. The van der Waals surface area contributed by atoms with Gasteiger partial charge in [-0.15, -0.1) is 0 Å². The fourth-order valence-electron chi connectivity index (χ4n) is 2.73. The molecule has 0 aliphatic carbocycles. The fourth-order valence-corrected chi connectivity index (χ4v) is 2.73. The minimum Gasteiger partial charge on any atom is -0.475 e. The molecule has 26 heavy (non-hydrogen) atoms. The molecular weight excluding hydrogens is 349 g/mol. The van der Waals surface area contributed by atoms with E-state index in [0.717, 1.165) is 25.9 Å². The molecule has 0 aromatic heterocycles. The lowest BCUT2D eigenvalue weighted by Crippen LogP contribution is -2.47. The fraction of sp³-hybridized carbons (Fsp3) is 0.556. The van der Waals surface area contributed by atoms with E-state index < -0.39 is 12.1 Å². The van der Waals surface area contributed by atoms with E-state index in [1.54, 1.807) is 0 Å². The first kappa shape index (κ1) is 22.0. The normalized spacial score (nSPS) is 17.3. The molecule has 1 unspecified atom stereocenters. The first-order valence-electron chi connectivity index (χ1n) is 8.44. The number of alkyl halides is 3. The number of aliphatic carboxylic acids is 1. The number of halogens is 3. The molecule has 2 rings (SSSR count). The van der Waals surface area contributed by atoms with Crippen molar-refractivity contribution in [2.75, 3.05) is 20.1 Å². The van der Waals surface area contributed by atoms with Crippen molar-refractivity contribution >= 4 is 11.9 Å². The molecule has 1 aromatic rings. The number of carbonyl (C=O) groups excluding carboxylic acids is 1. The minimum absolute atomic E-state index is 0.295. The number of piperidine rings is 1. The topological polar surface area (TPSA) is 69.6 Å². The van der Waals surface area contributed by atoms with Gasteiger partial charge in [0.2, 0.25) is 5.91 Å². The minimum atomic E-state index is -5.08. The predicted molar refractivity (Wildman–Crippen MR) is 91.9 cm³/mol. The van der Waals surface area contributed by atoms with Gasteiger partial charge in [0.15, 0.2) is 0 Å². The first-order chi connectivity index (χ1) is 12.1. The number of hydrogen-bond donors (Lipinski definition) is 2. The summed E-state index contributed by atoms with van der Waals surface area (Å²) in [5.41, 5.74) is 2.57. The van der Waals surface area contributed by atoms with Crippen molar-refractivity contribution in [3.8, 4) is 0 Å². The Morgan fingerprint density at radius 2 is 1.92 bits per heavy atom. The standard InChI is InChI=1S/C16H24N2O.C2HF3O2/c1-13-6-3-4-7-14(13)9-10-16(19)18-11-5-8-15(12-18)17-2;3-2(4,5)1(6)7/h3-4,6-7,15,17H,5,8-12H2,1-2H3;(H,6,7). The van der Waals surface area contributed by atoms with Crippen LogP contribution in [0.25, 0.3) is 0 Å². The molecule has 1 aliphatic heterocycles. The Bertz CT molecular complexity index is 606. The van der Waals surface area contributed by atoms with Crippen LogP contribution in [0.4, 0.5) is 13.2 Å². The van der Waals surface area contributed by atoms with Crippen LogP contribution in [-0.2, 0) is 16.0 Å². The van der Waals surface area contributed by atoms with Gasteiger partial charge in [0, 0.05) is 25.6 Å². The maximum absolute atomic E-state index is 12.2. The Morgan fingerprint density at radius 3 is 2.46 bits per heavy atom. The Hall–Kier alpha value is -2.09. The third-order valence-electron chi connectivity index (χ3n) is 4.29. The number of likely N-dealkylation sites (tertiary alicyclic amines) is 1. The van der Waals surface area contributed by atoms with Gasteiger partial charge in [-0.1, -0.05) is 24.3 Å². The summed E-state index contributed by atoms with van der Waals surface area (Å²) in [7, 11) is 1.98. The SMILES string of the molecule is CNC1CCCN(C(=O)CCc2ccccc2C)C1.O=C(O)C(F)(F)F. The largest absolute Gasteiger partial charge is 0.490 e. The third-order valence-corrected chi connectivity index (χ3v) is 4.29. The van der Waals surface area contributed by atoms with E-state index in [0.29, 0.717) is 18.4 Å². The van der Waals surface area contributed by atoms with E-state index >= 15 is 0 Å². The van der Waals surface area contributed by atoms with Gasteiger partial charge in [-0.05, 0) is 44.4 Å². The van der Waals surface area contributed by atoms with Gasteiger partial charge < -0.3 is 15.3 Å². The summed E-state index contributed by atoms with van der Waals surface area (Å²) in [5.74, 6) is -2.46. The molecule has 1 amide bonds. The number of amides is 1. The van der Waals surface area contributed by atoms with E-state index in [9.17, 15) is 18.0 Å². The molecule has 5 nitrogen and oxygen atoms in total. The molecule has 1 saturated heterocycles. The van der Waals surface area contributed by atoms with E-state index in [1.807, 2.05) is 24.1 Å². The number of carboxylic acid groups (broad SMARTS) is 1. The molecule has 0 saturated carbocycles. The van der Waals surface area contributed by atoms with Crippen LogP contribution >= 0.6 is 0 Å². The number of benzene rings is 1. The molecule has 1 fully saturated rings. The summed E-state index contributed by atoms with van der Waals surface area (Å²) in [6.07, 6.45) is -1.31. The average Bonchev–Trinajstić information content (AvgIpc) is 2.60. The van der Waals surface area contributed by atoms with Crippen LogP contribution in [0.2, 0.25) is 0 Å². The number of likely N-dealkylation sites (N-methyl/N-ethyl adjacent to an activating group) is 1.